The number of tetrazole rings is 1. The second-order valence-electron chi connectivity index (χ2n) is 7.47. The molecule has 7 nitrogen and oxygen atoms in total. The monoisotopic (exact) mass is 410 g/mol. The van der Waals surface area contributed by atoms with Gasteiger partial charge in [-0.25, -0.2) is 9.07 Å². The number of methoxy groups -OCH3 is 1. The van der Waals surface area contributed by atoms with Crippen LogP contribution in [-0.2, 0) is 6.54 Å². The van der Waals surface area contributed by atoms with Crippen molar-refractivity contribution < 1.29 is 9.13 Å². The molecule has 1 aliphatic rings. The first kappa shape index (κ1) is 20.3. The van der Waals surface area contributed by atoms with Gasteiger partial charge in [0.1, 0.15) is 11.6 Å². The zero-order valence-electron chi connectivity index (χ0n) is 17.4. The van der Waals surface area contributed by atoms with Crippen LogP contribution >= 0.6 is 0 Å². The lowest BCUT2D eigenvalue weighted by atomic mass is 10.1. The number of rotatable bonds is 7. The minimum atomic E-state index is -0.202. The molecule has 0 aliphatic carbocycles. The van der Waals surface area contributed by atoms with E-state index in [1.807, 2.05) is 41.1 Å². The minimum absolute atomic E-state index is 0.161. The molecule has 0 spiro atoms. The van der Waals surface area contributed by atoms with Gasteiger partial charge < -0.3 is 9.64 Å². The number of hydrogen-bond donors (Lipinski definition) is 0. The van der Waals surface area contributed by atoms with Crippen LogP contribution in [0.4, 0.5) is 10.1 Å². The van der Waals surface area contributed by atoms with Gasteiger partial charge in [0.2, 0.25) is 0 Å². The smallest absolute Gasteiger partial charge is 0.168 e. The van der Waals surface area contributed by atoms with Gasteiger partial charge in [-0.05, 0) is 58.8 Å². The van der Waals surface area contributed by atoms with E-state index in [-0.39, 0.29) is 11.9 Å². The Morgan fingerprint density at radius 3 is 2.33 bits per heavy atom. The van der Waals surface area contributed by atoms with Crippen LogP contribution in [-0.4, -0.2) is 58.4 Å². The van der Waals surface area contributed by atoms with Gasteiger partial charge in [0, 0.05) is 31.9 Å². The van der Waals surface area contributed by atoms with Gasteiger partial charge in [0.15, 0.2) is 5.82 Å². The van der Waals surface area contributed by atoms with Gasteiger partial charge in [0.05, 0.1) is 19.7 Å². The molecule has 158 valence electrons. The second-order valence-corrected chi connectivity index (χ2v) is 7.47. The summed E-state index contributed by atoms with van der Waals surface area (Å²) >= 11 is 0. The fourth-order valence-corrected chi connectivity index (χ4v) is 4.01. The van der Waals surface area contributed by atoms with Crippen LogP contribution in [0.1, 0.15) is 30.8 Å². The molecule has 0 radical (unpaired) electrons. The van der Waals surface area contributed by atoms with Crippen LogP contribution in [0.5, 0.6) is 5.75 Å². The minimum Gasteiger partial charge on any atom is -0.497 e. The molecule has 2 aromatic carbocycles. The molecule has 1 saturated heterocycles. The van der Waals surface area contributed by atoms with E-state index >= 15 is 0 Å². The van der Waals surface area contributed by atoms with Crippen molar-refractivity contribution in [1.29, 1.82) is 0 Å². The summed E-state index contributed by atoms with van der Waals surface area (Å²) in [5.74, 6) is 1.52. The third-order valence-electron chi connectivity index (χ3n) is 5.68. The Morgan fingerprint density at radius 1 is 1.00 bits per heavy atom. The average molecular weight is 410 g/mol. The van der Waals surface area contributed by atoms with E-state index in [1.54, 1.807) is 7.11 Å². The molecular weight excluding hydrogens is 383 g/mol. The summed E-state index contributed by atoms with van der Waals surface area (Å²) in [4.78, 5) is 4.74. The Morgan fingerprint density at radius 2 is 1.70 bits per heavy atom. The van der Waals surface area contributed by atoms with Crippen molar-refractivity contribution in [2.45, 2.75) is 25.9 Å². The highest BCUT2D eigenvalue weighted by Gasteiger charge is 2.28. The fourth-order valence-electron chi connectivity index (χ4n) is 4.01. The molecule has 2 heterocycles. The van der Waals surface area contributed by atoms with Crippen LogP contribution < -0.4 is 9.64 Å². The first-order valence-corrected chi connectivity index (χ1v) is 10.3. The van der Waals surface area contributed by atoms with Crippen molar-refractivity contribution in [3.05, 3.63) is 65.7 Å². The molecule has 3 aromatic rings. The van der Waals surface area contributed by atoms with Crippen molar-refractivity contribution in [3.63, 3.8) is 0 Å². The van der Waals surface area contributed by atoms with E-state index in [1.165, 1.54) is 12.1 Å². The quantitative estimate of drug-likeness (QED) is 0.596. The fraction of sp³-hybridized carbons (Fsp3) is 0.409. The number of halogens is 1. The first-order chi connectivity index (χ1) is 14.7. The standard InChI is InChI=1S/C22H27FN6O/c1-3-21(28-14-12-27(13-15-28)19-8-6-18(23)7-9-19)22-24-25-26-29(22)16-17-4-10-20(30-2)11-5-17/h4-11,21H,3,12-16H2,1-2H3/t21-/m1/s1. The molecule has 0 unspecified atom stereocenters. The normalized spacial score (nSPS) is 15.9. The summed E-state index contributed by atoms with van der Waals surface area (Å²) in [5.41, 5.74) is 2.19. The Labute approximate surface area is 176 Å². The van der Waals surface area contributed by atoms with E-state index in [4.69, 9.17) is 4.74 Å². The lowest BCUT2D eigenvalue weighted by molar-refractivity contribution is 0.169. The predicted octanol–water partition coefficient (Wildman–Crippen LogP) is 3.14. The Kier molecular flexibility index (Phi) is 6.23. The molecular formula is C22H27FN6O. The summed E-state index contributed by atoms with van der Waals surface area (Å²) in [7, 11) is 1.66. The maximum atomic E-state index is 13.2. The summed E-state index contributed by atoms with van der Waals surface area (Å²) in [5, 5.41) is 12.6. The zero-order chi connectivity index (χ0) is 20.9. The van der Waals surface area contributed by atoms with E-state index in [0.717, 1.165) is 55.4 Å². The van der Waals surface area contributed by atoms with E-state index in [9.17, 15) is 4.39 Å². The maximum Gasteiger partial charge on any atom is 0.168 e. The lowest BCUT2D eigenvalue weighted by Crippen LogP contribution is -2.48. The summed E-state index contributed by atoms with van der Waals surface area (Å²) in [6.45, 7) is 6.39. The molecule has 0 saturated carbocycles. The summed E-state index contributed by atoms with van der Waals surface area (Å²) in [6.07, 6.45) is 0.930. The third kappa shape index (κ3) is 4.43. The zero-order valence-corrected chi connectivity index (χ0v) is 17.4. The number of aromatic nitrogens is 4. The van der Waals surface area contributed by atoms with Gasteiger partial charge >= 0.3 is 0 Å². The topological polar surface area (TPSA) is 59.3 Å². The number of benzene rings is 2. The van der Waals surface area contributed by atoms with Gasteiger partial charge in [0.25, 0.3) is 0 Å². The van der Waals surface area contributed by atoms with Crippen LogP contribution in [0.15, 0.2) is 48.5 Å². The highest BCUT2D eigenvalue weighted by Crippen LogP contribution is 2.26. The van der Waals surface area contributed by atoms with Crippen molar-refractivity contribution in [1.82, 2.24) is 25.1 Å². The molecule has 0 bridgehead atoms. The third-order valence-corrected chi connectivity index (χ3v) is 5.68. The Bertz CT molecular complexity index is 935. The van der Waals surface area contributed by atoms with E-state index < -0.39 is 0 Å². The van der Waals surface area contributed by atoms with Crippen molar-refractivity contribution in [2.24, 2.45) is 0 Å². The second kappa shape index (κ2) is 9.21. The number of anilines is 1. The van der Waals surface area contributed by atoms with Gasteiger partial charge in [-0.2, -0.15) is 0 Å². The number of piperazine rings is 1. The van der Waals surface area contributed by atoms with Crippen molar-refractivity contribution >= 4 is 5.69 Å². The van der Waals surface area contributed by atoms with E-state index in [2.05, 4.69) is 32.2 Å². The predicted molar refractivity (Wildman–Crippen MR) is 113 cm³/mol. The molecule has 1 aliphatic heterocycles. The highest BCUT2D eigenvalue weighted by atomic mass is 19.1. The molecule has 1 fully saturated rings. The SMILES string of the molecule is CC[C@H](c1nnnn1Cc1ccc(OC)cc1)N1CCN(c2ccc(F)cc2)CC1. The molecule has 0 amide bonds. The molecule has 1 aromatic heterocycles. The number of hydrogen-bond acceptors (Lipinski definition) is 6. The molecule has 1 atom stereocenters. The highest BCUT2D eigenvalue weighted by molar-refractivity contribution is 5.46. The number of nitrogens with zero attached hydrogens (tertiary/aromatic N) is 6. The lowest BCUT2D eigenvalue weighted by Gasteiger charge is -2.39. The Hall–Kier alpha value is -3.00. The molecule has 0 N–H and O–H groups in total. The molecule has 4 rings (SSSR count). The van der Waals surface area contributed by atoms with Gasteiger partial charge in [-0.1, -0.05) is 19.1 Å². The molecule has 30 heavy (non-hydrogen) atoms. The largest absolute Gasteiger partial charge is 0.497 e. The van der Waals surface area contributed by atoms with Crippen LogP contribution in [0.2, 0.25) is 0 Å². The number of ether oxygens (including phenoxy) is 1. The molecule has 8 heteroatoms. The average Bonchev–Trinajstić information content (AvgIpc) is 3.24. The summed E-state index contributed by atoms with van der Waals surface area (Å²) in [6, 6.07) is 14.9. The van der Waals surface area contributed by atoms with Crippen LogP contribution in [0, 0.1) is 5.82 Å². The first-order valence-electron chi connectivity index (χ1n) is 10.3. The summed E-state index contributed by atoms with van der Waals surface area (Å²) < 4.78 is 20.3. The van der Waals surface area contributed by atoms with Gasteiger partial charge in [-0.3, -0.25) is 4.90 Å². The van der Waals surface area contributed by atoms with Crippen molar-refractivity contribution in [2.75, 3.05) is 38.2 Å². The van der Waals surface area contributed by atoms with E-state index in [0.29, 0.717) is 6.54 Å². The maximum absolute atomic E-state index is 13.2. The van der Waals surface area contributed by atoms with Crippen LogP contribution in [0.3, 0.4) is 0 Å². The van der Waals surface area contributed by atoms with Crippen LogP contribution in [0.25, 0.3) is 0 Å². The Balaban J connectivity index is 1.43. The van der Waals surface area contributed by atoms with Crippen molar-refractivity contribution in [3.8, 4) is 5.75 Å². The van der Waals surface area contributed by atoms with Gasteiger partial charge in [-0.15, -0.1) is 5.10 Å².